The number of carbonyl (C=O) groups excluding carboxylic acids is 1. The van der Waals surface area contributed by atoms with E-state index in [1.165, 1.54) is 22.6 Å². The first kappa shape index (κ1) is 20.6. The lowest BCUT2D eigenvalue weighted by Gasteiger charge is -2.18. The summed E-state index contributed by atoms with van der Waals surface area (Å²) in [6.45, 7) is 5.39. The zero-order valence-electron chi connectivity index (χ0n) is 17.9. The third-order valence-electron chi connectivity index (χ3n) is 5.68. The Balaban J connectivity index is 1.73. The highest BCUT2D eigenvalue weighted by molar-refractivity contribution is 5.73. The van der Waals surface area contributed by atoms with Crippen LogP contribution in [0.2, 0.25) is 0 Å². The molecule has 2 aromatic heterocycles. The normalized spacial score (nSPS) is 14.9. The van der Waals surface area contributed by atoms with Gasteiger partial charge in [0, 0.05) is 31.1 Å². The van der Waals surface area contributed by atoms with Gasteiger partial charge < -0.3 is 16.4 Å². The van der Waals surface area contributed by atoms with Crippen molar-refractivity contribution in [3.05, 3.63) is 75.0 Å². The molecule has 8 nitrogen and oxygen atoms in total. The molecule has 0 aliphatic heterocycles. The number of anilines is 2. The molecule has 0 fully saturated rings. The third kappa shape index (κ3) is 4.01. The number of hydrogen-bond donors (Lipinski definition) is 3. The second kappa shape index (κ2) is 8.22. The van der Waals surface area contributed by atoms with Crippen LogP contribution >= 0.6 is 0 Å². The van der Waals surface area contributed by atoms with Gasteiger partial charge in [-0.1, -0.05) is 24.3 Å². The van der Waals surface area contributed by atoms with Crippen molar-refractivity contribution in [1.29, 1.82) is 0 Å². The molecular weight excluding hydrogens is 392 g/mol. The number of nitrogens with zero attached hydrogens (tertiary/aromatic N) is 3. The van der Waals surface area contributed by atoms with Crippen LogP contribution in [0.15, 0.2) is 41.3 Å². The Morgan fingerprint density at radius 3 is 2.84 bits per heavy atom. The molecule has 160 valence electrons. The molecular formula is C23H26N6O2. The number of aryl methyl sites for hydroxylation is 3. The van der Waals surface area contributed by atoms with Crippen molar-refractivity contribution in [2.45, 2.75) is 46.2 Å². The second-order valence-electron chi connectivity index (χ2n) is 7.87. The summed E-state index contributed by atoms with van der Waals surface area (Å²) in [5.41, 5.74) is 11.0. The summed E-state index contributed by atoms with van der Waals surface area (Å²) in [5.74, 6) is 0.381. The lowest BCUT2D eigenvalue weighted by atomic mass is 10.1. The van der Waals surface area contributed by atoms with Gasteiger partial charge in [-0.05, 0) is 49.4 Å². The van der Waals surface area contributed by atoms with Crippen molar-refractivity contribution in [3.8, 4) is 5.69 Å². The van der Waals surface area contributed by atoms with E-state index in [0.29, 0.717) is 23.6 Å². The molecule has 0 spiro atoms. The SMILES string of the molecule is CC(=O)NCc1cc(-n2c(C)cnc(NC3CCc4ccccc43)c2=O)c(N)nc1C. The van der Waals surface area contributed by atoms with Gasteiger partial charge in [0.05, 0.1) is 11.7 Å². The fourth-order valence-corrected chi connectivity index (χ4v) is 4.04. The van der Waals surface area contributed by atoms with Crippen molar-refractivity contribution in [2.75, 3.05) is 11.1 Å². The van der Waals surface area contributed by atoms with Crippen LogP contribution in [0.1, 0.15) is 47.5 Å². The summed E-state index contributed by atoms with van der Waals surface area (Å²) in [6.07, 6.45) is 3.52. The molecule has 4 rings (SSSR count). The number of pyridine rings is 1. The van der Waals surface area contributed by atoms with Crippen LogP contribution < -0.4 is 21.9 Å². The van der Waals surface area contributed by atoms with E-state index < -0.39 is 0 Å². The molecule has 0 saturated heterocycles. The van der Waals surface area contributed by atoms with Gasteiger partial charge in [0.25, 0.3) is 5.56 Å². The first-order valence-electron chi connectivity index (χ1n) is 10.3. The van der Waals surface area contributed by atoms with Gasteiger partial charge in [-0.2, -0.15) is 0 Å². The number of aromatic nitrogens is 3. The van der Waals surface area contributed by atoms with E-state index in [1.54, 1.807) is 19.2 Å². The molecule has 1 atom stereocenters. The number of carbonyl (C=O) groups is 1. The molecule has 31 heavy (non-hydrogen) atoms. The maximum atomic E-state index is 13.4. The van der Waals surface area contributed by atoms with Crippen molar-refractivity contribution >= 4 is 17.5 Å². The molecule has 3 aromatic rings. The molecule has 1 aromatic carbocycles. The Bertz CT molecular complexity index is 1220. The van der Waals surface area contributed by atoms with Crippen LogP contribution in [0.25, 0.3) is 5.69 Å². The van der Waals surface area contributed by atoms with E-state index in [0.717, 1.165) is 18.4 Å². The van der Waals surface area contributed by atoms with Gasteiger partial charge in [0.15, 0.2) is 5.82 Å². The molecule has 4 N–H and O–H groups in total. The molecule has 8 heteroatoms. The molecule has 2 heterocycles. The van der Waals surface area contributed by atoms with Crippen LogP contribution in [0.5, 0.6) is 0 Å². The average molecular weight is 419 g/mol. The number of fused-ring (bicyclic) bond motifs is 1. The number of hydrogen-bond acceptors (Lipinski definition) is 6. The fraction of sp³-hybridized carbons (Fsp3) is 0.304. The topological polar surface area (TPSA) is 115 Å². The lowest BCUT2D eigenvalue weighted by Crippen LogP contribution is -2.28. The minimum absolute atomic E-state index is 0.0383. The Hall–Kier alpha value is -3.68. The highest BCUT2D eigenvalue weighted by Crippen LogP contribution is 2.32. The molecule has 0 radical (unpaired) electrons. The molecule has 0 saturated carbocycles. The van der Waals surface area contributed by atoms with Gasteiger partial charge in [-0.3, -0.25) is 14.2 Å². The maximum absolute atomic E-state index is 13.4. The number of nitrogen functional groups attached to an aromatic ring is 1. The lowest BCUT2D eigenvalue weighted by molar-refractivity contribution is -0.119. The Labute approximate surface area is 180 Å². The summed E-state index contributed by atoms with van der Waals surface area (Å²) in [5, 5.41) is 6.09. The predicted octanol–water partition coefficient (Wildman–Crippen LogP) is 2.56. The van der Waals surface area contributed by atoms with Crippen LogP contribution in [-0.4, -0.2) is 20.4 Å². The molecule has 1 unspecified atom stereocenters. The molecule has 1 amide bonds. The van der Waals surface area contributed by atoms with E-state index in [-0.39, 0.29) is 29.1 Å². The van der Waals surface area contributed by atoms with E-state index in [1.807, 2.05) is 19.1 Å². The van der Waals surface area contributed by atoms with Crippen LogP contribution in [0, 0.1) is 13.8 Å². The minimum atomic E-state index is -0.285. The van der Waals surface area contributed by atoms with Crippen molar-refractivity contribution in [2.24, 2.45) is 0 Å². The molecule has 0 bridgehead atoms. The Morgan fingerprint density at radius 1 is 1.29 bits per heavy atom. The predicted molar refractivity (Wildman–Crippen MR) is 120 cm³/mol. The monoisotopic (exact) mass is 418 g/mol. The maximum Gasteiger partial charge on any atom is 0.298 e. The Morgan fingerprint density at radius 2 is 2.06 bits per heavy atom. The number of benzene rings is 1. The zero-order chi connectivity index (χ0) is 22.1. The number of rotatable bonds is 5. The minimum Gasteiger partial charge on any atom is -0.382 e. The average Bonchev–Trinajstić information content (AvgIpc) is 3.13. The number of nitrogens with two attached hydrogens (primary N) is 1. The van der Waals surface area contributed by atoms with Crippen molar-refractivity contribution in [3.63, 3.8) is 0 Å². The number of amides is 1. The first-order valence-corrected chi connectivity index (χ1v) is 10.3. The summed E-state index contributed by atoms with van der Waals surface area (Å²) in [7, 11) is 0. The fourth-order valence-electron chi connectivity index (χ4n) is 4.04. The third-order valence-corrected chi connectivity index (χ3v) is 5.68. The van der Waals surface area contributed by atoms with Crippen molar-refractivity contribution < 1.29 is 4.79 Å². The summed E-state index contributed by atoms with van der Waals surface area (Å²) in [4.78, 5) is 33.5. The van der Waals surface area contributed by atoms with Gasteiger partial charge in [-0.15, -0.1) is 0 Å². The largest absolute Gasteiger partial charge is 0.382 e. The van der Waals surface area contributed by atoms with E-state index in [4.69, 9.17) is 5.73 Å². The van der Waals surface area contributed by atoms with Gasteiger partial charge in [0.2, 0.25) is 5.91 Å². The van der Waals surface area contributed by atoms with E-state index >= 15 is 0 Å². The molecule has 1 aliphatic carbocycles. The van der Waals surface area contributed by atoms with Gasteiger partial charge in [0.1, 0.15) is 5.82 Å². The van der Waals surface area contributed by atoms with Crippen LogP contribution in [0.3, 0.4) is 0 Å². The summed E-state index contributed by atoms with van der Waals surface area (Å²) in [6, 6.07) is 10.1. The van der Waals surface area contributed by atoms with Crippen molar-refractivity contribution in [1.82, 2.24) is 19.9 Å². The summed E-state index contributed by atoms with van der Waals surface area (Å²) >= 11 is 0. The standard InChI is InChI=1S/C23H26N6O2/c1-13-11-26-22(28-19-9-8-16-6-4-5-7-18(16)19)23(31)29(13)20-10-17(12-25-15(3)30)14(2)27-21(20)24/h4-7,10-11,19H,8-9,12H2,1-3H3,(H2,24,27)(H,25,30)(H,26,28). The second-order valence-corrected chi connectivity index (χ2v) is 7.87. The number of nitrogens with one attached hydrogen (secondary N) is 2. The highest BCUT2D eigenvalue weighted by atomic mass is 16.1. The summed E-state index contributed by atoms with van der Waals surface area (Å²) < 4.78 is 1.52. The molecule has 1 aliphatic rings. The van der Waals surface area contributed by atoms with Gasteiger partial charge >= 0.3 is 0 Å². The van der Waals surface area contributed by atoms with E-state index in [9.17, 15) is 9.59 Å². The highest BCUT2D eigenvalue weighted by Gasteiger charge is 2.24. The van der Waals surface area contributed by atoms with Crippen LogP contribution in [-0.2, 0) is 17.8 Å². The quantitative estimate of drug-likeness (QED) is 0.587. The van der Waals surface area contributed by atoms with Gasteiger partial charge in [-0.25, -0.2) is 9.97 Å². The van der Waals surface area contributed by atoms with E-state index in [2.05, 4.69) is 32.7 Å². The zero-order valence-corrected chi connectivity index (χ0v) is 17.9. The smallest absolute Gasteiger partial charge is 0.298 e. The van der Waals surface area contributed by atoms with Crippen LogP contribution in [0.4, 0.5) is 11.6 Å². The first-order chi connectivity index (χ1) is 14.8. The Kier molecular flexibility index (Phi) is 5.46.